The number of aromatic nitrogens is 2. The number of rotatable bonds is 3. The third kappa shape index (κ3) is 4.33. The van der Waals surface area contributed by atoms with Gasteiger partial charge in [0.15, 0.2) is 0 Å². The predicted molar refractivity (Wildman–Crippen MR) is 58.2 cm³/mol. The second-order valence-corrected chi connectivity index (χ2v) is 3.04. The number of hydrogen-bond acceptors (Lipinski definition) is 3. The fourth-order valence-electron chi connectivity index (χ4n) is 0.904. The van der Waals surface area contributed by atoms with Gasteiger partial charge in [0.05, 0.1) is 6.61 Å². The van der Waals surface area contributed by atoms with Crippen LogP contribution in [-0.4, -0.2) is 17.1 Å². The average molecular weight is 196 g/mol. The maximum Gasteiger partial charge on any atom is 0.130 e. The zero-order valence-electron chi connectivity index (χ0n) is 9.74. The van der Waals surface area contributed by atoms with Crippen LogP contribution in [0.5, 0.6) is 0 Å². The van der Waals surface area contributed by atoms with Crippen molar-refractivity contribution in [2.75, 3.05) is 7.11 Å². The van der Waals surface area contributed by atoms with Crippen molar-refractivity contribution in [2.45, 2.75) is 40.2 Å². The van der Waals surface area contributed by atoms with Crippen LogP contribution in [0, 0.1) is 0 Å². The molecule has 1 heterocycles. The lowest BCUT2D eigenvalue weighted by atomic mass is 10.2. The minimum atomic E-state index is 0.390. The van der Waals surface area contributed by atoms with E-state index in [1.807, 2.05) is 26.2 Å². The van der Waals surface area contributed by atoms with Crippen molar-refractivity contribution in [1.82, 2.24) is 9.97 Å². The molecule has 0 bridgehead atoms. The van der Waals surface area contributed by atoms with Crippen molar-refractivity contribution < 1.29 is 4.74 Å². The molecule has 1 rings (SSSR count). The lowest BCUT2D eigenvalue weighted by Gasteiger charge is -2.03. The van der Waals surface area contributed by atoms with Crippen molar-refractivity contribution in [2.24, 2.45) is 0 Å². The summed E-state index contributed by atoms with van der Waals surface area (Å²) in [5.74, 6) is 1.27. The first-order valence-corrected chi connectivity index (χ1v) is 5.03. The molecule has 1 aromatic heterocycles. The zero-order chi connectivity index (χ0) is 11.0. The molecule has 3 heteroatoms. The Morgan fingerprint density at radius 1 is 1.21 bits per heavy atom. The van der Waals surface area contributed by atoms with Crippen molar-refractivity contribution in [1.29, 1.82) is 0 Å². The summed E-state index contributed by atoms with van der Waals surface area (Å²) in [6.45, 7) is 8.73. The molecule has 0 fully saturated rings. The van der Waals surface area contributed by atoms with Crippen LogP contribution in [0.3, 0.4) is 0 Å². The fourth-order valence-corrected chi connectivity index (χ4v) is 0.904. The van der Waals surface area contributed by atoms with Crippen LogP contribution in [0.4, 0.5) is 0 Å². The summed E-state index contributed by atoms with van der Waals surface area (Å²) >= 11 is 0. The summed E-state index contributed by atoms with van der Waals surface area (Å²) in [4.78, 5) is 8.41. The van der Waals surface area contributed by atoms with Crippen molar-refractivity contribution in [3.05, 3.63) is 23.8 Å². The molecule has 1 aromatic rings. The summed E-state index contributed by atoms with van der Waals surface area (Å²) in [5.41, 5.74) is 1.02. The first-order valence-electron chi connectivity index (χ1n) is 5.03. The Labute approximate surface area is 86.5 Å². The molecule has 0 aliphatic carbocycles. The standard InChI is InChI=1S/C9H14N2O.C2H6/c1-7(2)9-10-4-8(5-11-9)6-12-3;1-2/h4-5,7H,6H2,1-3H3;1-2H3. The van der Waals surface area contributed by atoms with Crippen molar-refractivity contribution >= 4 is 0 Å². The molecule has 14 heavy (non-hydrogen) atoms. The van der Waals surface area contributed by atoms with Gasteiger partial charge in [-0.3, -0.25) is 0 Å². The Morgan fingerprint density at radius 2 is 1.71 bits per heavy atom. The number of methoxy groups -OCH3 is 1. The van der Waals surface area contributed by atoms with Crippen LogP contribution in [0.2, 0.25) is 0 Å². The lowest BCUT2D eigenvalue weighted by molar-refractivity contribution is 0.184. The van der Waals surface area contributed by atoms with E-state index < -0.39 is 0 Å². The fraction of sp³-hybridized carbons (Fsp3) is 0.636. The van der Waals surface area contributed by atoms with Gasteiger partial charge in [-0.05, 0) is 0 Å². The molecule has 0 radical (unpaired) electrons. The Morgan fingerprint density at radius 3 is 2.07 bits per heavy atom. The molecule has 0 atom stereocenters. The smallest absolute Gasteiger partial charge is 0.130 e. The van der Waals surface area contributed by atoms with E-state index in [1.165, 1.54) is 0 Å². The van der Waals surface area contributed by atoms with Gasteiger partial charge in [-0.15, -0.1) is 0 Å². The zero-order valence-corrected chi connectivity index (χ0v) is 9.74. The molecule has 80 valence electrons. The highest BCUT2D eigenvalue weighted by Crippen LogP contribution is 2.07. The van der Waals surface area contributed by atoms with Gasteiger partial charge in [0, 0.05) is 31.0 Å². The SMILES string of the molecule is CC.COCc1cnc(C(C)C)nc1. The highest BCUT2D eigenvalue weighted by Gasteiger charge is 2.01. The predicted octanol–water partition coefficient (Wildman–Crippen LogP) is 2.77. The van der Waals surface area contributed by atoms with Gasteiger partial charge >= 0.3 is 0 Å². The molecule has 0 N–H and O–H groups in total. The van der Waals surface area contributed by atoms with Crippen molar-refractivity contribution in [3.63, 3.8) is 0 Å². The summed E-state index contributed by atoms with van der Waals surface area (Å²) in [7, 11) is 1.66. The molecule has 0 saturated heterocycles. The van der Waals surface area contributed by atoms with Crippen molar-refractivity contribution in [3.8, 4) is 0 Å². The molecule has 0 amide bonds. The minimum absolute atomic E-state index is 0.390. The first kappa shape index (κ1) is 13.0. The highest BCUT2D eigenvalue weighted by molar-refractivity contribution is 5.05. The second-order valence-electron chi connectivity index (χ2n) is 3.04. The number of nitrogens with zero attached hydrogens (tertiary/aromatic N) is 2. The highest BCUT2D eigenvalue weighted by atomic mass is 16.5. The van der Waals surface area contributed by atoms with Gasteiger partial charge in [-0.2, -0.15) is 0 Å². The molecular weight excluding hydrogens is 176 g/mol. The Bertz CT molecular complexity index is 232. The summed E-state index contributed by atoms with van der Waals surface area (Å²) in [6, 6.07) is 0. The van der Waals surface area contributed by atoms with E-state index in [-0.39, 0.29) is 0 Å². The van der Waals surface area contributed by atoms with Crippen LogP contribution in [0.1, 0.15) is 45.0 Å². The second kappa shape index (κ2) is 7.44. The van der Waals surface area contributed by atoms with Gasteiger partial charge < -0.3 is 4.74 Å². The summed E-state index contributed by atoms with van der Waals surface area (Å²) < 4.78 is 4.95. The Kier molecular flexibility index (Phi) is 6.93. The van der Waals surface area contributed by atoms with Crippen LogP contribution in [0.25, 0.3) is 0 Å². The minimum Gasteiger partial charge on any atom is -0.380 e. The maximum atomic E-state index is 4.95. The molecule has 3 nitrogen and oxygen atoms in total. The third-order valence-electron chi connectivity index (χ3n) is 1.55. The number of ether oxygens (including phenoxy) is 1. The van der Waals surface area contributed by atoms with E-state index in [0.717, 1.165) is 11.4 Å². The Hall–Kier alpha value is -0.960. The molecule has 0 saturated carbocycles. The average Bonchev–Trinajstić information content (AvgIpc) is 2.22. The third-order valence-corrected chi connectivity index (χ3v) is 1.55. The van der Waals surface area contributed by atoms with Gasteiger partial charge in [-0.1, -0.05) is 27.7 Å². The normalized spacial score (nSPS) is 9.57. The van der Waals surface area contributed by atoms with E-state index in [0.29, 0.717) is 12.5 Å². The van der Waals surface area contributed by atoms with Crippen LogP contribution < -0.4 is 0 Å². The molecule has 0 aromatic carbocycles. The van der Waals surface area contributed by atoms with Gasteiger partial charge in [0.1, 0.15) is 5.82 Å². The molecule has 0 unspecified atom stereocenters. The molecular formula is C11H20N2O. The largest absolute Gasteiger partial charge is 0.380 e. The topological polar surface area (TPSA) is 35.0 Å². The monoisotopic (exact) mass is 196 g/mol. The van der Waals surface area contributed by atoms with Crippen LogP contribution >= 0.6 is 0 Å². The van der Waals surface area contributed by atoms with E-state index >= 15 is 0 Å². The van der Waals surface area contributed by atoms with E-state index in [1.54, 1.807) is 7.11 Å². The number of hydrogen-bond donors (Lipinski definition) is 0. The molecule has 0 aliphatic rings. The van der Waals surface area contributed by atoms with E-state index in [9.17, 15) is 0 Å². The Balaban J connectivity index is 0.000000791. The first-order chi connectivity index (χ1) is 6.74. The van der Waals surface area contributed by atoms with E-state index in [2.05, 4.69) is 23.8 Å². The summed E-state index contributed by atoms with van der Waals surface area (Å²) in [6.07, 6.45) is 3.62. The van der Waals surface area contributed by atoms with Crippen LogP contribution in [-0.2, 0) is 11.3 Å². The maximum absolute atomic E-state index is 4.95. The van der Waals surface area contributed by atoms with Gasteiger partial charge in [-0.25, -0.2) is 9.97 Å². The van der Waals surface area contributed by atoms with E-state index in [4.69, 9.17) is 4.74 Å². The van der Waals surface area contributed by atoms with Gasteiger partial charge in [0.2, 0.25) is 0 Å². The molecule has 0 spiro atoms. The quantitative estimate of drug-likeness (QED) is 0.745. The lowest BCUT2D eigenvalue weighted by Crippen LogP contribution is -1.98. The summed E-state index contributed by atoms with van der Waals surface area (Å²) in [5, 5.41) is 0. The molecule has 0 aliphatic heterocycles. The van der Waals surface area contributed by atoms with Crippen LogP contribution in [0.15, 0.2) is 12.4 Å². The van der Waals surface area contributed by atoms with Gasteiger partial charge in [0.25, 0.3) is 0 Å².